The second-order valence-electron chi connectivity index (χ2n) is 6.71. The normalized spacial score (nSPS) is 15.8. The van der Waals surface area contributed by atoms with Crippen molar-refractivity contribution in [2.75, 3.05) is 38.0 Å². The molecule has 1 saturated heterocycles. The molecule has 148 valence electrons. The molecular weight excluding hydrogens is 396 g/mol. The number of nitrogens with one attached hydrogen (secondary N) is 2. The van der Waals surface area contributed by atoms with E-state index in [1.807, 2.05) is 30.3 Å². The van der Waals surface area contributed by atoms with Crippen LogP contribution in [0.25, 0.3) is 0 Å². The first kappa shape index (κ1) is 20.5. The summed E-state index contributed by atoms with van der Waals surface area (Å²) >= 11 is 1.33. The second-order valence-corrected chi connectivity index (χ2v) is 9.60. The molecule has 1 amide bonds. The van der Waals surface area contributed by atoms with Crippen LogP contribution in [0, 0.1) is 11.3 Å². The second kappa shape index (κ2) is 9.30. The molecule has 2 N–H and O–H groups in total. The van der Waals surface area contributed by atoms with Crippen LogP contribution in [0.5, 0.6) is 0 Å². The van der Waals surface area contributed by atoms with Gasteiger partial charge in [-0.2, -0.15) is 9.57 Å². The fourth-order valence-corrected chi connectivity index (χ4v) is 5.47. The van der Waals surface area contributed by atoms with E-state index >= 15 is 0 Å². The molecule has 0 bridgehead atoms. The summed E-state index contributed by atoms with van der Waals surface area (Å²) in [7, 11) is -3.32. The molecule has 2 aromatic rings. The van der Waals surface area contributed by atoms with E-state index in [1.54, 1.807) is 15.8 Å². The quantitative estimate of drug-likeness (QED) is 0.690. The molecule has 0 aliphatic carbocycles. The summed E-state index contributed by atoms with van der Waals surface area (Å²) in [6.45, 7) is 2.95. The van der Waals surface area contributed by atoms with Crippen molar-refractivity contribution in [1.82, 2.24) is 4.31 Å². The summed E-state index contributed by atoms with van der Waals surface area (Å²) < 4.78 is 26.7. The molecule has 1 aliphatic heterocycles. The maximum Gasteiger partial charge on any atom is 0.230 e. The Bertz CT molecular complexity index is 943. The lowest BCUT2D eigenvalue weighted by Gasteiger charge is -2.31. The number of anilines is 1. The number of nitriles is 1. The zero-order chi connectivity index (χ0) is 20.0. The van der Waals surface area contributed by atoms with Crippen LogP contribution >= 0.6 is 11.3 Å². The van der Waals surface area contributed by atoms with Gasteiger partial charge >= 0.3 is 0 Å². The number of piperazine rings is 1. The van der Waals surface area contributed by atoms with Crippen LogP contribution < -0.4 is 10.2 Å². The van der Waals surface area contributed by atoms with Crippen molar-refractivity contribution < 1.29 is 18.1 Å². The molecule has 1 aliphatic rings. The third-order valence-electron chi connectivity index (χ3n) is 4.76. The highest BCUT2D eigenvalue weighted by atomic mass is 32.2. The Morgan fingerprint density at radius 2 is 1.93 bits per heavy atom. The lowest BCUT2D eigenvalue weighted by molar-refractivity contribution is -0.903. The van der Waals surface area contributed by atoms with Gasteiger partial charge in [0.05, 0.1) is 50.5 Å². The SMILES string of the molecule is N#Cc1ccsc1NC(=O)CC[NH+]1CCN(S(=O)(=O)Cc2ccccc2)CC1. The first-order chi connectivity index (χ1) is 13.5. The predicted molar refractivity (Wildman–Crippen MR) is 108 cm³/mol. The molecule has 0 saturated carbocycles. The fourth-order valence-electron chi connectivity index (χ4n) is 3.18. The van der Waals surface area contributed by atoms with Crippen molar-refractivity contribution in [1.29, 1.82) is 5.26 Å². The average Bonchev–Trinajstić information content (AvgIpc) is 3.14. The highest BCUT2D eigenvalue weighted by molar-refractivity contribution is 7.88. The van der Waals surface area contributed by atoms with E-state index in [-0.39, 0.29) is 11.7 Å². The van der Waals surface area contributed by atoms with Gasteiger partial charge in [-0.25, -0.2) is 8.42 Å². The van der Waals surface area contributed by atoms with Crippen LogP contribution in [-0.2, 0) is 20.6 Å². The van der Waals surface area contributed by atoms with E-state index in [1.165, 1.54) is 16.2 Å². The lowest BCUT2D eigenvalue weighted by Crippen LogP contribution is -3.14. The van der Waals surface area contributed by atoms with Gasteiger partial charge in [-0.15, -0.1) is 11.3 Å². The Morgan fingerprint density at radius 1 is 1.21 bits per heavy atom. The summed E-state index contributed by atoms with van der Waals surface area (Å²) in [6.07, 6.45) is 0.342. The fraction of sp³-hybridized carbons (Fsp3) is 0.368. The Morgan fingerprint density at radius 3 is 2.61 bits per heavy atom. The van der Waals surface area contributed by atoms with E-state index in [2.05, 4.69) is 11.4 Å². The Balaban J connectivity index is 1.44. The van der Waals surface area contributed by atoms with Crippen molar-refractivity contribution in [3.05, 3.63) is 52.9 Å². The number of sulfonamides is 1. The van der Waals surface area contributed by atoms with E-state index in [0.717, 1.165) is 5.56 Å². The molecule has 0 radical (unpaired) electrons. The van der Waals surface area contributed by atoms with Crippen molar-refractivity contribution in [3.8, 4) is 6.07 Å². The molecule has 0 spiro atoms. The Hall–Kier alpha value is -2.25. The smallest absolute Gasteiger partial charge is 0.230 e. The van der Waals surface area contributed by atoms with Gasteiger partial charge in [0.1, 0.15) is 11.1 Å². The first-order valence-corrected chi connectivity index (χ1v) is 11.6. The zero-order valence-electron chi connectivity index (χ0n) is 15.4. The molecule has 1 aromatic carbocycles. The highest BCUT2D eigenvalue weighted by Gasteiger charge is 2.29. The molecule has 0 atom stereocenters. The van der Waals surface area contributed by atoms with E-state index in [9.17, 15) is 13.2 Å². The molecule has 3 rings (SSSR count). The third-order valence-corrected chi connectivity index (χ3v) is 7.44. The van der Waals surface area contributed by atoms with Crippen LogP contribution in [0.4, 0.5) is 5.00 Å². The molecule has 1 fully saturated rings. The monoisotopic (exact) mass is 419 g/mol. The minimum atomic E-state index is -3.32. The number of benzene rings is 1. The van der Waals surface area contributed by atoms with Gasteiger partial charge in [-0.3, -0.25) is 4.79 Å². The largest absolute Gasteiger partial charge is 0.332 e. The zero-order valence-corrected chi connectivity index (χ0v) is 17.1. The van der Waals surface area contributed by atoms with E-state index in [4.69, 9.17) is 5.26 Å². The minimum absolute atomic E-state index is 0.0214. The number of carbonyl (C=O) groups excluding carboxylic acids is 1. The predicted octanol–water partition coefficient (Wildman–Crippen LogP) is 0.679. The van der Waals surface area contributed by atoms with Gasteiger partial charge in [0, 0.05) is 0 Å². The standard InChI is InChI=1S/C19H22N4O3S2/c20-14-17-7-13-27-19(17)21-18(24)6-8-22-9-11-23(12-10-22)28(25,26)15-16-4-2-1-3-5-16/h1-5,7,13H,6,8-12,15H2,(H,21,24)/p+1. The van der Waals surface area contributed by atoms with Crippen molar-refractivity contribution in [3.63, 3.8) is 0 Å². The summed E-state index contributed by atoms with van der Waals surface area (Å²) in [5.74, 6) is -0.0984. The molecule has 1 aromatic heterocycles. The lowest BCUT2D eigenvalue weighted by atomic mass is 10.2. The number of hydrogen-bond acceptors (Lipinski definition) is 5. The van der Waals surface area contributed by atoms with Crippen molar-refractivity contribution >= 4 is 32.3 Å². The molecule has 0 unspecified atom stereocenters. The van der Waals surface area contributed by atoms with Crippen molar-refractivity contribution in [2.24, 2.45) is 0 Å². The number of hydrogen-bond donors (Lipinski definition) is 2. The maximum atomic E-state index is 12.6. The molecule has 7 nitrogen and oxygen atoms in total. The molecular formula is C19H23N4O3S2+. The number of nitrogens with zero attached hydrogens (tertiary/aromatic N) is 2. The van der Waals surface area contributed by atoms with Gasteiger partial charge in [-0.05, 0) is 17.0 Å². The summed E-state index contributed by atoms with van der Waals surface area (Å²) in [6, 6.07) is 12.9. The van der Waals surface area contributed by atoms with Gasteiger partial charge < -0.3 is 10.2 Å². The summed E-state index contributed by atoms with van der Waals surface area (Å²) in [4.78, 5) is 13.3. The van der Waals surface area contributed by atoms with Gasteiger partial charge in [-0.1, -0.05) is 30.3 Å². The first-order valence-electron chi connectivity index (χ1n) is 9.11. The minimum Gasteiger partial charge on any atom is -0.332 e. The van der Waals surface area contributed by atoms with Crippen LogP contribution in [0.3, 0.4) is 0 Å². The van der Waals surface area contributed by atoms with Crippen molar-refractivity contribution in [2.45, 2.75) is 12.2 Å². The summed E-state index contributed by atoms with van der Waals surface area (Å²) in [5.41, 5.74) is 1.27. The van der Waals surface area contributed by atoms with Crippen LogP contribution in [-0.4, -0.2) is 51.4 Å². The maximum absolute atomic E-state index is 12.6. The number of quaternary nitrogens is 1. The van der Waals surface area contributed by atoms with Crippen LogP contribution in [0.2, 0.25) is 0 Å². The molecule has 2 heterocycles. The summed E-state index contributed by atoms with van der Waals surface area (Å²) in [5, 5.41) is 14.1. The number of rotatable bonds is 7. The van der Waals surface area contributed by atoms with E-state index in [0.29, 0.717) is 49.7 Å². The number of thiophene rings is 1. The van der Waals surface area contributed by atoms with E-state index < -0.39 is 10.0 Å². The molecule has 9 heteroatoms. The van der Waals surface area contributed by atoms with Crippen LogP contribution in [0.15, 0.2) is 41.8 Å². The third kappa shape index (κ3) is 5.39. The Labute approximate surface area is 169 Å². The Kier molecular flexibility index (Phi) is 6.80. The topological polar surface area (TPSA) is 94.7 Å². The average molecular weight is 420 g/mol. The number of amides is 1. The van der Waals surface area contributed by atoms with Gasteiger partial charge in [0.25, 0.3) is 0 Å². The highest BCUT2D eigenvalue weighted by Crippen LogP contribution is 2.22. The number of carbonyl (C=O) groups is 1. The van der Waals surface area contributed by atoms with Gasteiger partial charge in [0.15, 0.2) is 0 Å². The molecule has 28 heavy (non-hydrogen) atoms. The van der Waals surface area contributed by atoms with Crippen LogP contribution in [0.1, 0.15) is 17.5 Å². The van der Waals surface area contributed by atoms with Gasteiger partial charge in [0.2, 0.25) is 15.9 Å².